The third kappa shape index (κ3) is 1.79. The first-order valence-corrected chi connectivity index (χ1v) is 5.19. The monoisotopic (exact) mass is 243 g/mol. The van der Waals surface area contributed by atoms with Crippen LogP contribution in [0.15, 0.2) is 30.9 Å². The highest BCUT2D eigenvalue weighted by Crippen LogP contribution is 2.08. The molecule has 18 heavy (non-hydrogen) atoms. The van der Waals surface area contributed by atoms with Gasteiger partial charge in [0.2, 0.25) is 0 Å². The summed E-state index contributed by atoms with van der Waals surface area (Å²) in [5, 5.41) is 14.1. The molecule has 3 heterocycles. The normalized spacial score (nSPS) is 10.7. The quantitative estimate of drug-likeness (QED) is 0.690. The zero-order valence-electron chi connectivity index (χ0n) is 9.48. The minimum absolute atomic E-state index is 0.248. The summed E-state index contributed by atoms with van der Waals surface area (Å²) < 4.78 is 3.04. The van der Waals surface area contributed by atoms with Crippen LogP contribution in [0.2, 0.25) is 0 Å². The molecule has 3 aromatic rings. The summed E-state index contributed by atoms with van der Waals surface area (Å²) in [6.07, 6.45) is 6.41. The van der Waals surface area contributed by atoms with E-state index in [0.29, 0.717) is 11.3 Å². The van der Waals surface area contributed by atoms with Gasteiger partial charge in [-0.1, -0.05) is 5.21 Å². The summed E-state index contributed by atoms with van der Waals surface area (Å²) in [4.78, 5) is 16.0. The molecule has 0 radical (unpaired) electrons. The van der Waals surface area contributed by atoms with Crippen molar-refractivity contribution in [2.24, 2.45) is 7.05 Å². The number of hydrogen-bond acceptors (Lipinski definition) is 5. The SMILES string of the molecule is Cn1cc(C(=O)Nc2cnc3ccnn3c2)nn1. The highest BCUT2D eigenvalue weighted by Gasteiger charge is 2.10. The lowest BCUT2D eigenvalue weighted by Gasteiger charge is -2.02. The number of aryl methyl sites for hydroxylation is 1. The maximum Gasteiger partial charge on any atom is 0.277 e. The molecular formula is C10H9N7O. The van der Waals surface area contributed by atoms with Crippen molar-refractivity contribution >= 4 is 17.2 Å². The zero-order chi connectivity index (χ0) is 12.5. The van der Waals surface area contributed by atoms with Crippen molar-refractivity contribution in [3.05, 3.63) is 36.5 Å². The van der Waals surface area contributed by atoms with Crippen LogP contribution in [0.4, 0.5) is 5.69 Å². The van der Waals surface area contributed by atoms with Gasteiger partial charge in [-0.2, -0.15) is 5.10 Å². The number of carbonyl (C=O) groups is 1. The first kappa shape index (κ1) is 10.4. The summed E-state index contributed by atoms with van der Waals surface area (Å²) in [7, 11) is 1.70. The van der Waals surface area contributed by atoms with E-state index in [1.807, 2.05) is 0 Å². The molecule has 0 fully saturated rings. The Hall–Kier alpha value is -2.77. The van der Waals surface area contributed by atoms with Gasteiger partial charge in [-0.05, 0) is 0 Å². The second-order valence-corrected chi connectivity index (χ2v) is 3.71. The van der Waals surface area contributed by atoms with Crippen molar-refractivity contribution in [3.63, 3.8) is 0 Å². The standard InChI is InChI=1S/C10H9N7O/c1-16-6-8(14-15-16)10(18)13-7-4-11-9-2-3-12-17(9)5-7/h2-6H,1H3,(H,13,18). The van der Waals surface area contributed by atoms with Crippen molar-refractivity contribution in [2.45, 2.75) is 0 Å². The lowest BCUT2D eigenvalue weighted by molar-refractivity contribution is 0.102. The second-order valence-electron chi connectivity index (χ2n) is 3.71. The predicted octanol–water partition coefficient (Wildman–Crippen LogP) is 0.110. The van der Waals surface area contributed by atoms with E-state index >= 15 is 0 Å². The van der Waals surface area contributed by atoms with Gasteiger partial charge in [-0.25, -0.2) is 9.50 Å². The molecule has 0 atom stereocenters. The molecule has 0 bridgehead atoms. The molecular weight excluding hydrogens is 234 g/mol. The van der Waals surface area contributed by atoms with Crippen molar-refractivity contribution in [2.75, 3.05) is 5.32 Å². The number of fused-ring (bicyclic) bond motifs is 1. The first-order chi connectivity index (χ1) is 8.72. The molecule has 90 valence electrons. The molecule has 0 aromatic carbocycles. The van der Waals surface area contributed by atoms with Crippen LogP contribution in [0.25, 0.3) is 5.65 Å². The third-order valence-electron chi connectivity index (χ3n) is 2.34. The Kier molecular flexibility index (Phi) is 2.26. The minimum atomic E-state index is -0.337. The molecule has 0 unspecified atom stereocenters. The lowest BCUT2D eigenvalue weighted by atomic mass is 10.4. The van der Waals surface area contributed by atoms with Gasteiger partial charge in [0.25, 0.3) is 5.91 Å². The average Bonchev–Trinajstić information content (AvgIpc) is 2.96. The van der Waals surface area contributed by atoms with Crippen LogP contribution >= 0.6 is 0 Å². The average molecular weight is 243 g/mol. The number of carbonyl (C=O) groups excluding carboxylic acids is 1. The van der Waals surface area contributed by atoms with Crippen LogP contribution in [0.3, 0.4) is 0 Å². The van der Waals surface area contributed by atoms with E-state index in [2.05, 4.69) is 25.7 Å². The van der Waals surface area contributed by atoms with E-state index < -0.39 is 0 Å². The van der Waals surface area contributed by atoms with Gasteiger partial charge < -0.3 is 5.32 Å². The van der Waals surface area contributed by atoms with Gasteiger partial charge in [0, 0.05) is 13.1 Å². The van der Waals surface area contributed by atoms with E-state index in [9.17, 15) is 4.79 Å². The summed E-state index contributed by atoms with van der Waals surface area (Å²) in [6.45, 7) is 0. The van der Waals surface area contributed by atoms with Crippen LogP contribution < -0.4 is 5.32 Å². The first-order valence-electron chi connectivity index (χ1n) is 5.19. The molecule has 0 saturated heterocycles. The smallest absolute Gasteiger partial charge is 0.277 e. The number of rotatable bonds is 2. The molecule has 0 aliphatic carbocycles. The van der Waals surface area contributed by atoms with E-state index in [1.165, 1.54) is 10.9 Å². The lowest BCUT2D eigenvalue weighted by Crippen LogP contribution is -2.13. The number of hydrogen-bond donors (Lipinski definition) is 1. The topological polar surface area (TPSA) is 90.0 Å². The number of nitrogens with one attached hydrogen (secondary N) is 1. The largest absolute Gasteiger partial charge is 0.318 e. The van der Waals surface area contributed by atoms with E-state index in [0.717, 1.165) is 0 Å². The number of aromatic nitrogens is 6. The Morgan fingerprint density at radius 3 is 3.06 bits per heavy atom. The Bertz CT molecular complexity index is 714. The zero-order valence-corrected chi connectivity index (χ0v) is 9.48. The van der Waals surface area contributed by atoms with Gasteiger partial charge in [-0.15, -0.1) is 5.10 Å². The fourth-order valence-electron chi connectivity index (χ4n) is 1.52. The van der Waals surface area contributed by atoms with E-state index in [4.69, 9.17) is 0 Å². The van der Waals surface area contributed by atoms with Crippen molar-refractivity contribution in [1.82, 2.24) is 29.6 Å². The maximum absolute atomic E-state index is 11.8. The minimum Gasteiger partial charge on any atom is -0.318 e. The van der Waals surface area contributed by atoms with Crippen LogP contribution in [0, 0.1) is 0 Å². The fraction of sp³-hybridized carbons (Fsp3) is 0.100. The fourth-order valence-corrected chi connectivity index (χ4v) is 1.52. The molecule has 0 saturated carbocycles. The summed E-state index contributed by atoms with van der Waals surface area (Å²) in [5.41, 5.74) is 1.51. The van der Waals surface area contributed by atoms with E-state index in [-0.39, 0.29) is 11.6 Å². The molecule has 0 spiro atoms. The summed E-state index contributed by atoms with van der Waals surface area (Å²) >= 11 is 0. The number of amides is 1. The third-order valence-corrected chi connectivity index (χ3v) is 2.34. The number of anilines is 1. The predicted molar refractivity (Wildman–Crippen MR) is 61.9 cm³/mol. The Morgan fingerprint density at radius 2 is 2.28 bits per heavy atom. The van der Waals surface area contributed by atoms with Gasteiger partial charge in [0.15, 0.2) is 11.3 Å². The van der Waals surface area contributed by atoms with Crippen molar-refractivity contribution in [3.8, 4) is 0 Å². The molecule has 1 amide bonds. The van der Waals surface area contributed by atoms with Crippen LogP contribution in [0.5, 0.6) is 0 Å². The molecule has 3 aromatic heterocycles. The number of nitrogens with zero attached hydrogens (tertiary/aromatic N) is 6. The van der Waals surface area contributed by atoms with Crippen molar-refractivity contribution in [1.29, 1.82) is 0 Å². The Morgan fingerprint density at radius 1 is 1.39 bits per heavy atom. The van der Waals surface area contributed by atoms with Crippen LogP contribution in [-0.4, -0.2) is 35.5 Å². The highest BCUT2D eigenvalue weighted by atomic mass is 16.2. The highest BCUT2D eigenvalue weighted by molar-refractivity contribution is 6.02. The Labute approximate surface area is 101 Å². The molecule has 3 rings (SSSR count). The van der Waals surface area contributed by atoms with Gasteiger partial charge >= 0.3 is 0 Å². The van der Waals surface area contributed by atoms with Gasteiger partial charge in [0.1, 0.15) is 0 Å². The second kappa shape index (κ2) is 3.91. The van der Waals surface area contributed by atoms with Gasteiger partial charge in [0.05, 0.1) is 30.5 Å². The van der Waals surface area contributed by atoms with Crippen LogP contribution in [-0.2, 0) is 7.05 Å². The molecule has 0 aliphatic rings. The molecule has 1 N–H and O–H groups in total. The maximum atomic E-state index is 11.8. The van der Waals surface area contributed by atoms with Crippen molar-refractivity contribution < 1.29 is 4.79 Å². The van der Waals surface area contributed by atoms with Gasteiger partial charge in [-0.3, -0.25) is 9.48 Å². The molecule has 0 aliphatic heterocycles. The summed E-state index contributed by atoms with van der Waals surface area (Å²) in [6, 6.07) is 1.77. The molecule has 8 heteroatoms. The van der Waals surface area contributed by atoms with Crippen LogP contribution in [0.1, 0.15) is 10.5 Å². The Balaban J connectivity index is 1.85. The summed E-state index contributed by atoms with van der Waals surface area (Å²) in [5.74, 6) is -0.337. The van der Waals surface area contributed by atoms with E-state index in [1.54, 1.807) is 36.2 Å². The molecule has 8 nitrogen and oxygen atoms in total.